The Morgan fingerprint density at radius 1 is 0.431 bits per heavy atom. The summed E-state index contributed by atoms with van der Waals surface area (Å²) in [5.41, 5.74) is 9.29. The smallest absolute Gasteiger partial charge is 0.131 e. The third kappa shape index (κ3) is 5.25. The van der Waals surface area contributed by atoms with E-state index in [-0.39, 0.29) is 12.3 Å². The minimum Gasteiger partial charge on any atom is -0.350 e. The third-order valence-corrected chi connectivity index (χ3v) is 10.2. The molecule has 2 unspecified atom stereocenters. The summed E-state index contributed by atoms with van der Waals surface area (Å²) < 4.78 is 2.41. The van der Waals surface area contributed by atoms with Gasteiger partial charge in [0.15, 0.2) is 0 Å². The maximum atomic E-state index is 5.28. The highest BCUT2D eigenvalue weighted by Crippen LogP contribution is 2.36. The van der Waals surface area contributed by atoms with E-state index in [1.165, 1.54) is 60.0 Å². The molecule has 2 N–H and O–H groups in total. The van der Waals surface area contributed by atoms with Crippen molar-refractivity contribution < 1.29 is 0 Å². The van der Waals surface area contributed by atoms with Crippen molar-refractivity contribution >= 4 is 49.2 Å². The van der Waals surface area contributed by atoms with Crippen molar-refractivity contribution in [3.05, 3.63) is 199 Å². The van der Waals surface area contributed by atoms with Crippen LogP contribution < -0.4 is 10.6 Å². The number of para-hydroxylation sites is 1. The number of hydrogen-bond donors (Lipinski definition) is 2. The van der Waals surface area contributed by atoms with Crippen LogP contribution in [0.2, 0.25) is 0 Å². The number of aromatic nitrogens is 1. The molecular weight excluding hydrogens is 621 g/mol. The number of nitrogens with one attached hydrogen (secondary N) is 2. The number of amidine groups is 1. The second-order valence-electron chi connectivity index (χ2n) is 13.3. The minimum atomic E-state index is -0.235. The number of hydrogen-bond acceptors (Lipinski definition) is 3. The minimum absolute atomic E-state index is 0.103. The lowest BCUT2D eigenvalue weighted by atomic mass is 10.0. The van der Waals surface area contributed by atoms with E-state index < -0.39 is 0 Å². The molecule has 2 heterocycles. The van der Waals surface area contributed by atoms with E-state index in [9.17, 15) is 0 Å². The normalized spacial score (nSPS) is 16.0. The number of fused-ring (bicyclic) bond motifs is 5. The van der Waals surface area contributed by atoms with Crippen molar-refractivity contribution in [2.24, 2.45) is 4.99 Å². The van der Waals surface area contributed by atoms with Gasteiger partial charge < -0.3 is 9.88 Å². The molecule has 0 saturated carbocycles. The molecule has 1 aliphatic rings. The van der Waals surface area contributed by atoms with Gasteiger partial charge in [-0.1, -0.05) is 140 Å². The zero-order valence-corrected chi connectivity index (χ0v) is 27.9. The van der Waals surface area contributed by atoms with Gasteiger partial charge in [-0.25, -0.2) is 4.99 Å². The molecule has 10 rings (SSSR count). The molecule has 8 aromatic carbocycles. The summed E-state index contributed by atoms with van der Waals surface area (Å²) >= 11 is 0. The monoisotopic (exact) mass is 654 g/mol. The summed E-state index contributed by atoms with van der Waals surface area (Å²) in [6.45, 7) is 0. The van der Waals surface area contributed by atoms with Gasteiger partial charge in [0.2, 0.25) is 0 Å². The van der Waals surface area contributed by atoms with E-state index >= 15 is 0 Å². The van der Waals surface area contributed by atoms with Gasteiger partial charge in [0, 0.05) is 22.0 Å². The first kappa shape index (κ1) is 29.4. The zero-order valence-electron chi connectivity index (χ0n) is 27.9. The highest BCUT2D eigenvalue weighted by Gasteiger charge is 2.26. The van der Waals surface area contributed by atoms with Gasteiger partial charge in [-0.3, -0.25) is 5.32 Å². The third-order valence-electron chi connectivity index (χ3n) is 10.2. The van der Waals surface area contributed by atoms with Gasteiger partial charge in [-0.2, -0.15) is 0 Å². The van der Waals surface area contributed by atoms with Crippen LogP contribution in [0.25, 0.3) is 60.2 Å². The topological polar surface area (TPSA) is 41.4 Å². The first-order valence-corrected chi connectivity index (χ1v) is 17.5. The molecule has 9 aromatic rings. The summed E-state index contributed by atoms with van der Waals surface area (Å²) in [6.07, 6.45) is -0.338. The molecule has 0 bridgehead atoms. The molecule has 0 aliphatic carbocycles. The molecule has 2 atom stereocenters. The van der Waals surface area contributed by atoms with E-state index in [1.807, 2.05) is 0 Å². The van der Waals surface area contributed by atoms with Crippen LogP contribution in [0.5, 0.6) is 0 Å². The summed E-state index contributed by atoms with van der Waals surface area (Å²) in [7, 11) is 0. The van der Waals surface area contributed by atoms with Gasteiger partial charge in [0.05, 0.1) is 11.0 Å². The Morgan fingerprint density at radius 2 is 1.10 bits per heavy atom. The lowest BCUT2D eigenvalue weighted by molar-refractivity contribution is 0.409. The summed E-state index contributed by atoms with van der Waals surface area (Å²) in [5, 5.41) is 14.9. The van der Waals surface area contributed by atoms with Gasteiger partial charge >= 0.3 is 0 Å². The second kappa shape index (κ2) is 12.1. The van der Waals surface area contributed by atoms with E-state index in [0.717, 1.165) is 22.6 Å². The predicted molar refractivity (Wildman–Crippen MR) is 212 cm³/mol. The predicted octanol–water partition coefficient (Wildman–Crippen LogP) is 11.1. The van der Waals surface area contributed by atoms with E-state index in [2.05, 4.69) is 197 Å². The van der Waals surface area contributed by atoms with Gasteiger partial charge in [-0.05, 0) is 86.3 Å². The quantitative estimate of drug-likeness (QED) is 0.194. The first-order valence-electron chi connectivity index (χ1n) is 17.5. The molecule has 242 valence electrons. The van der Waals surface area contributed by atoms with Crippen molar-refractivity contribution in [2.45, 2.75) is 12.3 Å². The largest absolute Gasteiger partial charge is 0.350 e. The Balaban J connectivity index is 1.06. The molecule has 0 saturated heterocycles. The van der Waals surface area contributed by atoms with Crippen LogP contribution in [0, 0.1) is 0 Å². The van der Waals surface area contributed by atoms with Gasteiger partial charge in [0.1, 0.15) is 18.2 Å². The molecular formula is C47H34N4. The number of aliphatic imine (C=N–C) groups is 1. The van der Waals surface area contributed by atoms with Crippen molar-refractivity contribution in [2.75, 3.05) is 0 Å². The fourth-order valence-electron chi connectivity index (χ4n) is 7.66. The van der Waals surface area contributed by atoms with E-state index in [1.54, 1.807) is 0 Å². The maximum Gasteiger partial charge on any atom is 0.131 e. The Kier molecular flexibility index (Phi) is 7.00. The molecule has 0 spiro atoms. The van der Waals surface area contributed by atoms with Gasteiger partial charge in [-0.15, -0.1) is 0 Å². The highest BCUT2D eigenvalue weighted by atomic mass is 15.3. The first-order chi connectivity index (χ1) is 25.2. The van der Waals surface area contributed by atoms with Crippen LogP contribution in [0.3, 0.4) is 0 Å². The van der Waals surface area contributed by atoms with E-state index in [0.29, 0.717) is 0 Å². The zero-order chi connectivity index (χ0) is 33.7. The number of benzene rings is 8. The van der Waals surface area contributed by atoms with Crippen LogP contribution in [-0.2, 0) is 0 Å². The second-order valence-corrected chi connectivity index (χ2v) is 13.3. The Bertz CT molecular complexity index is 2760. The Hall–Kier alpha value is -6.49. The molecule has 0 fully saturated rings. The number of rotatable bonds is 5. The maximum absolute atomic E-state index is 5.28. The SMILES string of the molecule is c1ccc(-c2cccc(C3=NC(c4ccc5cc(-n6c7ccccc7c7cc8ccccc8cc76)ccc5c4)NC(c4ccccc4)N3)c2)cc1. The fourth-order valence-corrected chi connectivity index (χ4v) is 7.66. The summed E-state index contributed by atoms with van der Waals surface area (Å²) in [5.74, 6) is 0.875. The fraction of sp³-hybridized carbons (Fsp3) is 0.0426. The van der Waals surface area contributed by atoms with Crippen molar-refractivity contribution in [1.82, 2.24) is 15.2 Å². The lowest BCUT2D eigenvalue weighted by Crippen LogP contribution is -2.44. The molecule has 4 nitrogen and oxygen atoms in total. The average Bonchev–Trinajstić information content (AvgIpc) is 3.53. The van der Waals surface area contributed by atoms with E-state index in [4.69, 9.17) is 4.99 Å². The summed E-state index contributed by atoms with van der Waals surface area (Å²) in [4.78, 5) is 5.28. The summed E-state index contributed by atoms with van der Waals surface area (Å²) in [6, 6.07) is 65.3. The lowest BCUT2D eigenvalue weighted by Gasteiger charge is -2.32. The molecule has 51 heavy (non-hydrogen) atoms. The molecule has 1 aliphatic heterocycles. The Morgan fingerprint density at radius 3 is 1.96 bits per heavy atom. The standard InChI is InChI=1S/C47H34N4/c1-3-12-31(13-4-1)33-18-11-19-38(26-33)46-48-45(32-14-5-2-6-15-32)49-47(50-46)39-23-22-37-28-40(25-24-36(37)27-39)51-43-21-10-9-20-41(43)42-29-34-16-7-8-17-35(34)30-44(42)51/h1-30,45,47,49H,(H,48,50). The molecule has 1 aromatic heterocycles. The Labute approximate surface area is 296 Å². The van der Waals surface area contributed by atoms with Crippen LogP contribution in [0.4, 0.5) is 0 Å². The van der Waals surface area contributed by atoms with Crippen molar-refractivity contribution in [3.8, 4) is 16.8 Å². The average molecular weight is 655 g/mol. The van der Waals surface area contributed by atoms with Crippen molar-refractivity contribution in [3.63, 3.8) is 0 Å². The van der Waals surface area contributed by atoms with Crippen LogP contribution in [0.15, 0.2) is 187 Å². The van der Waals surface area contributed by atoms with Crippen LogP contribution >= 0.6 is 0 Å². The van der Waals surface area contributed by atoms with Crippen LogP contribution in [-0.4, -0.2) is 10.4 Å². The highest BCUT2D eigenvalue weighted by molar-refractivity contribution is 6.13. The molecule has 0 amide bonds. The van der Waals surface area contributed by atoms with Crippen molar-refractivity contribution in [1.29, 1.82) is 0 Å². The molecule has 4 heteroatoms. The van der Waals surface area contributed by atoms with Crippen LogP contribution in [0.1, 0.15) is 29.0 Å². The molecule has 0 radical (unpaired) electrons. The number of nitrogens with zero attached hydrogens (tertiary/aromatic N) is 2. The van der Waals surface area contributed by atoms with Gasteiger partial charge in [0.25, 0.3) is 0 Å².